The molecule has 1 aliphatic heterocycles. The van der Waals surface area contributed by atoms with Crippen LogP contribution in [0.15, 0.2) is 21.2 Å². The van der Waals surface area contributed by atoms with Crippen LogP contribution in [0.2, 0.25) is 0 Å². The van der Waals surface area contributed by atoms with Gasteiger partial charge in [0, 0.05) is 41.3 Å². The normalized spacial score (nSPS) is 19.2. The monoisotopic (exact) mass is 363 g/mol. The number of aromatic nitrogens is 1. The molecule has 0 amide bonds. The number of halogens is 2. The molecule has 1 aromatic heterocycles. The van der Waals surface area contributed by atoms with Crippen LogP contribution < -0.4 is 5.32 Å². The van der Waals surface area contributed by atoms with Gasteiger partial charge in [-0.25, -0.2) is 0 Å². The van der Waals surface area contributed by atoms with E-state index in [1.165, 1.54) is 0 Å². The average molecular weight is 365 g/mol. The molecule has 2 N–H and O–H groups in total. The van der Waals surface area contributed by atoms with E-state index in [1.807, 2.05) is 6.07 Å². The van der Waals surface area contributed by atoms with Crippen molar-refractivity contribution in [3.05, 3.63) is 26.9 Å². The summed E-state index contributed by atoms with van der Waals surface area (Å²) in [4.78, 5) is 6.67. The van der Waals surface area contributed by atoms with Crippen LogP contribution in [0.3, 0.4) is 0 Å². The second kappa shape index (κ2) is 6.24. The molecule has 0 aromatic carbocycles. The second-order valence-electron chi connectivity index (χ2n) is 4.00. The molecule has 0 spiro atoms. The van der Waals surface area contributed by atoms with Crippen LogP contribution in [-0.4, -0.2) is 47.8 Å². The van der Waals surface area contributed by atoms with Crippen molar-refractivity contribution in [3.63, 3.8) is 0 Å². The highest BCUT2D eigenvalue weighted by atomic mass is 79.9. The summed E-state index contributed by atoms with van der Waals surface area (Å²) < 4.78 is 1.87. The summed E-state index contributed by atoms with van der Waals surface area (Å²) in [5, 5.41) is 12.9. The van der Waals surface area contributed by atoms with E-state index in [-0.39, 0.29) is 12.6 Å². The number of piperazine rings is 1. The zero-order valence-corrected chi connectivity index (χ0v) is 12.5. The van der Waals surface area contributed by atoms with Gasteiger partial charge in [-0.05, 0) is 37.9 Å². The molecule has 17 heavy (non-hydrogen) atoms. The van der Waals surface area contributed by atoms with Crippen LogP contribution in [0.25, 0.3) is 0 Å². The third-order valence-electron chi connectivity index (χ3n) is 2.92. The molecule has 94 valence electrons. The van der Waals surface area contributed by atoms with Crippen LogP contribution in [0.4, 0.5) is 0 Å². The maximum Gasteiger partial charge on any atom is 0.0767 e. The Morgan fingerprint density at radius 1 is 1.41 bits per heavy atom. The minimum atomic E-state index is -0.0282. The molecule has 0 saturated carbocycles. The van der Waals surface area contributed by atoms with Gasteiger partial charge in [0.15, 0.2) is 0 Å². The van der Waals surface area contributed by atoms with E-state index in [9.17, 15) is 5.11 Å². The van der Waals surface area contributed by atoms with Crippen molar-refractivity contribution in [1.82, 2.24) is 15.2 Å². The summed E-state index contributed by atoms with van der Waals surface area (Å²) in [6, 6.07) is 1.94. The molecule has 6 heteroatoms. The molecule has 1 fully saturated rings. The van der Waals surface area contributed by atoms with Gasteiger partial charge in [0.2, 0.25) is 0 Å². The van der Waals surface area contributed by atoms with Crippen molar-refractivity contribution in [3.8, 4) is 0 Å². The van der Waals surface area contributed by atoms with Gasteiger partial charge in [0.1, 0.15) is 0 Å². The summed E-state index contributed by atoms with van der Waals surface area (Å²) in [6.45, 7) is 3.90. The Labute approximate surface area is 118 Å². The van der Waals surface area contributed by atoms with Gasteiger partial charge in [0.05, 0.1) is 18.3 Å². The van der Waals surface area contributed by atoms with Gasteiger partial charge in [-0.1, -0.05) is 0 Å². The number of aliphatic hydroxyl groups is 1. The number of hydrogen-bond donors (Lipinski definition) is 2. The van der Waals surface area contributed by atoms with Crippen LogP contribution in [0.5, 0.6) is 0 Å². The highest BCUT2D eigenvalue weighted by Crippen LogP contribution is 2.28. The van der Waals surface area contributed by atoms with Crippen molar-refractivity contribution in [2.75, 3.05) is 32.8 Å². The topological polar surface area (TPSA) is 48.4 Å². The van der Waals surface area contributed by atoms with Gasteiger partial charge in [-0.3, -0.25) is 9.88 Å². The van der Waals surface area contributed by atoms with Gasteiger partial charge in [-0.15, -0.1) is 0 Å². The fourth-order valence-corrected chi connectivity index (χ4v) is 3.29. The molecule has 1 aliphatic rings. The van der Waals surface area contributed by atoms with Crippen LogP contribution >= 0.6 is 31.9 Å². The Morgan fingerprint density at radius 3 is 2.71 bits per heavy atom. The summed E-state index contributed by atoms with van der Waals surface area (Å²) in [5.41, 5.74) is 0.901. The van der Waals surface area contributed by atoms with Gasteiger partial charge in [-0.2, -0.15) is 0 Å². The molecule has 1 aromatic rings. The summed E-state index contributed by atoms with van der Waals surface area (Å²) in [6.07, 6.45) is 1.77. The lowest BCUT2D eigenvalue weighted by Gasteiger charge is -2.33. The lowest BCUT2D eigenvalue weighted by molar-refractivity contribution is 0.107. The predicted octanol–water partition coefficient (Wildman–Crippen LogP) is 1.55. The molecule has 1 saturated heterocycles. The van der Waals surface area contributed by atoms with Crippen molar-refractivity contribution < 1.29 is 5.11 Å². The average Bonchev–Trinajstić information content (AvgIpc) is 2.34. The van der Waals surface area contributed by atoms with Crippen LogP contribution in [0.1, 0.15) is 11.7 Å². The first-order chi connectivity index (χ1) is 8.22. The molecular formula is C11H15Br2N3O. The molecule has 2 heterocycles. The third-order valence-corrected chi connectivity index (χ3v) is 3.99. The lowest BCUT2D eigenvalue weighted by Crippen LogP contribution is -2.46. The van der Waals surface area contributed by atoms with E-state index in [4.69, 9.17) is 0 Å². The minimum Gasteiger partial charge on any atom is -0.394 e. The zero-order chi connectivity index (χ0) is 12.3. The van der Waals surface area contributed by atoms with Crippen molar-refractivity contribution in [2.24, 2.45) is 0 Å². The summed E-state index contributed by atoms with van der Waals surface area (Å²) in [5.74, 6) is 0. The smallest absolute Gasteiger partial charge is 0.0767 e. The number of hydrogen-bond acceptors (Lipinski definition) is 4. The Balaban J connectivity index is 2.21. The Kier molecular flexibility index (Phi) is 4.93. The number of rotatable bonds is 3. The van der Waals surface area contributed by atoms with Crippen LogP contribution in [0, 0.1) is 0 Å². The molecule has 1 atom stereocenters. The van der Waals surface area contributed by atoms with Gasteiger partial charge >= 0.3 is 0 Å². The van der Waals surface area contributed by atoms with E-state index in [0.29, 0.717) is 0 Å². The zero-order valence-electron chi connectivity index (χ0n) is 9.37. The minimum absolute atomic E-state index is 0.0282. The van der Waals surface area contributed by atoms with Crippen LogP contribution in [-0.2, 0) is 0 Å². The van der Waals surface area contributed by atoms with Crippen molar-refractivity contribution >= 4 is 31.9 Å². The standard InChI is InChI=1S/C11H15Br2N3O/c12-8-5-9(13)11(15-6-8)10(7-17)16-3-1-14-2-4-16/h5-6,10,14,17H,1-4,7H2. The largest absolute Gasteiger partial charge is 0.394 e. The first-order valence-electron chi connectivity index (χ1n) is 5.59. The van der Waals surface area contributed by atoms with Crippen molar-refractivity contribution in [2.45, 2.75) is 6.04 Å². The molecular weight excluding hydrogens is 350 g/mol. The second-order valence-corrected chi connectivity index (χ2v) is 5.77. The fraction of sp³-hybridized carbons (Fsp3) is 0.545. The van der Waals surface area contributed by atoms with E-state index in [0.717, 1.165) is 40.8 Å². The summed E-state index contributed by atoms with van der Waals surface area (Å²) >= 11 is 6.89. The number of aliphatic hydroxyl groups excluding tert-OH is 1. The number of pyridine rings is 1. The first kappa shape index (κ1) is 13.4. The van der Waals surface area contributed by atoms with E-state index < -0.39 is 0 Å². The van der Waals surface area contributed by atoms with E-state index in [2.05, 4.69) is 47.1 Å². The molecule has 1 unspecified atom stereocenters. The SMILES string of the molecule is OCC(c1ncc(Br)cc1Br)N1CCNCC1. The van der Waals surface area contributed by atoms with Gasteiger partial charge in [0.25, 0.3) is 0 Å². The molecule has 4 nitrogen and oxygen atoms in total. The molecule has 0 aliphatic carbocycles. The fourth-order valence-electron chi connectivity index (χ4n) is 2.04. The van der Waals surface area contributed by atoms with E-state index >= 15 is 0 Å². The van der Waals surface area contributed by atoms with E-state index in [1.54, 1.807) is 6.20 Å². The Bertz CT molecular complexity index is 383. The quantitative estimate of drug-likeness (QED) is 0.854. The molecule has 2 rings (SSSR count). The summed E-state index contributed by atoms with van der Waals surface area (Å²) in [7, 11) is 0. The first-order valence-corrected chi connectivity index (χ1v) is 7.17. The van der Waals surface area contributed by atoms with Gasteiger partial charge < -0.3 is 10.4 Å². The Morgan fingerprint density at radius 2 is 2.12 bits per heavy atom. The third kappa shape index (κ3) is 3.26. The maximum atomic E-state index is 9.59. The molecule has 0 bridgehead atoms. The van der Waals surface area contributed by atoms with Crippen molar-refractivity contribution in [1.29, 1.82) is 0 Å². The maximum absolute atomic E-state index is 9.59. The Hall–Kier alpha value is -0.0100. The predicted molar refractivity (Wildman–Crippen MR) is 73.9 cm³/mol. The molecule has 0 radical (unpaired) electrons. The highest BCUT2D eigenvalue weighted by Gasteiger charge is 2.24. The highest BCUT2D eigenvalue weighted by molar-refractivity contribution is 9.11. The number of nitrogens with zero attached hydrogens (tertiary/aromatic N) is 2. The lowest BCUT2D eigenvalue weighted by atomic mass is 10.1. The number of nitrogens with one attached hydrogen (secondary N) is 1.